The van der Waals surface area contributed by atoms with Crippen LogP contribution in [0.3, 0.4) is 0 Å². The Balaban J connectivity index is 0.00000147. The van der Waals surface area contributed by atoms with E-state index in [9.17, 15) is 4.79 Å². The fourth-order valence-electron chi connectivity index (χ4n) is 2.47. The molecule has 0 saturated carbocycles. The number of nitrogens with one attached hydrogen (secondary N) is 2. The molecule has 20 heavy (non-hydrogen) atoms. The highest BCUT2D eigenvalue weighted by Gasteiger charge is 2.43. The predicted molar refractivity (Wildman–Crippen MR) is 78.9 cm³/mol. The summed E-state index contributed by atoms with van der Waals surface area (Å²) in [6.45, 7) is 2.21. The number of hydrogen-bond acceptors (Lipinski definition) is 4. The van der Waals surface area contributed by atoms with Crippen molar-refractivity contribution < 1.29 is 9.63 Å². The first-order valence-corrected chi connectivity index (χ1v) is 6.55. The Morgan fingerprint density at radius 3 is 2.90 bits per heavy atom. The molecule has 1 unspecified atom stereocenters. The van der Waals surface area contributed by atoms with Gasteiger partial charge in [0.1, 0.15) is 5.71 Å². The van der Waals surface area contributed by atoms with Crippen LogP contribution >= 0.6 is 12.4 Å². The highest BCUT2D eigenvalue weighted by molar-refractivity contribution is 6.39. The first kappa shape index (κ1) is 14.8. The second-order valence-corrected chi connectivity index (χ2v) is 5.08. The number of hydrogen-bond donors (Lipinski definition) is 2. The van der Waals surface area contributed by atoms with Gasteiger partial charge in [-0.25, -0.2) is 0 Å². The van der Waals surface area contributed by atoms with E-state index in [1.807, 2.05) is 30.3 Å². The molecule has 2 N–H and O–H groups in total. The summed E-state index contributed by atoms with van der Waals surface area (Å²) in [5.41, 5.74) is 1.30. The molecule has 1 saturated heterocycles. The van der Waals surface area contributed by atoms with E-state index in [1.165, 1.54) is 0 Å². The van der Waals surface area contributed by atoms with Crippen LogP contribution in [0.2, 0.25) is 0 Å². The first-order valence-electron chi connectivity index (χ1n) is 6.55. The summed E-state index contributed by atoms with van der Waals surface area (Å²) >= 11 is 0. The highest BCUT2D eigenvalue weighted by atomic mass is 35.5. The van der Waals surface area contributed by atoms with E-state index < -0.39 is 0 Å². The molecule has 2 aliphatic heterocycles. The number of amides is 1. The van der Waals surface area contributed by atoms with Gasteiger partial charge in [-0.15, -0.1) is 12.4 Å². The Hall–Kier alpha value is -1.59. The van der Waals surface area contributed by atoms with E-state index in [0.717, 1.165) is 25.1 Å². The van der Waals surface area contributed by atoms with Gasteiger partial charge in [0.05, 0.1) is 0 Å². The molecule has 2 heterocycles. The first-order chi connectivity index (χ1) is 9.27. The van der Waals surface area contributed by atoms with Crippen molar-refractivity contribution >= 4 is 24.0 Å². The second-order valence-electron chi connectivity index (χ2n) is 5.08. The van der Waals surface area contributed by atoms with Crippen molar-refractivity contribution in [3.05, 3.63) is 35.9 Å². The van der Waals surface area contributed by atoms with E-state index in [-0.39, 0.29) is 23.9 Å². The molecule has 1 atom stereocenters. The van der Waals surface area contributed by atoms with Gasteiger partial charge in [0.25, 0.3) is 5.91 Å². The molecule has 1 amide bonds. The molecule has 108 valence electrons. The van der Waals surface area contributed by atoms with Crippen molar-refractivity contribution in [2.75, 3.05) is 13.1 Å². The van der Waals surface area contributed by atoms with Crippen LogP contribution in [0, 0.1) is 0 Å². The number of halogens is 1. The van der Waals surface area contributed by atoms with Gasteiger partial charge < -0.3 is 15.5 Å². The molecule has 1 spiro atoms. The lowest BCUT2D eigenvalue weighted by atomic mass is 9.96. The molecular weight excluding hydrogens is 278 g/mol. The van der Waals surface area contributed by atoms with Crippen LogP contribution < -0.4 is 10.6 Å². The van der Waals surface area contributed by atoms with Crippen molar-refractivity contribution in [1.29, 1.82) is 0 Å². The molecule has 1 aromatic rings. The summed E-state index contributed by atoms with van der Waals surface area (Å²) < 4.78 is 0. The summed E-state index contributed by atoms with van der Waals surface area (Å²) in [6, 6.07) is 9.83. The van der Waals surface area contributed by atoms with Gasteiger partial charge in [0, 0.05) is 25.9 Å². The quantitative estimate of drug-likeness (QED) is 0.882. The van der Waals surface area contributed by atoms with E-state index in [0.29, 0.717) is 18.7 Å². The van der Waals surface area contributed by atoms with E-state index in [2.05, 4.69) is 15.8 Å². The van der Waals surface area contributed by atoms with Crippen molar-refractivity contribution in [2.45, 2.75) is 25.0 Å². The van der Waals surface area contributed by atoms with Crippen molar-refractivity contribution in [1.82, 2.24) is 10.6 Å². The number of rotatable bonds is 3. The molecular formula is C14H18ClN3O2. The average molecular weight is 296 g/mol. The Morgan fingerprint density at radius 1 is 1.40 bits per heavy atom. The van der Waals surface area contributed by atoms with Gasteiger partial charge in [-0.05, 0) is 12.1 Å². The zero-order chi connectivity index (χ0) is 13.1. The number of carbonyl (C=O) groups is 1. The molecule has 0 aromatic heterocycles. The van der Waals surface area contributed by atoms with Crippen molar-refractivity contribution in [3.63, 3.8) is 0 Å². The van der Waals surface area contributed by atoms with Crippen molar-refractivity contribution in [2.24, 2.45) is 5.16 Å². The average Bonchev–Trinajstić information content (AvgIpc) is 3.08. The number of carbonyl (C=O) groups excluding carboxylic acids is 1. The standard InChI is InChI=1S/C14H17N3O2.ClH/c18-13(16-9-11-4-2-1-3-5-11)12-8-14(19-17-12)6-7-15-10-14;/h1-5,15H,6-10H2,(H,16,18);1H. The molecule has 6 heteroatoms. The zero-order valence-corrected chi connectivity index (χ0v) is 11.9. The summed E-state index contributed by atoms with van der Waals surface area (Å²) in [5.74, 6) is -0.132. The van der Waals surface area contributed by atoms with Crippen LogP contribution in [0.5, 0.6) is 0 Å². The zero-order valence-electron chi connectivity index (χ0n) is 11.1. The fraction of sp³-hybridized carbons (Fsp3) is 0.429. The maximum Gasteiger partial charge on any atom is 0.269 e. The fourth-order valence-corrected chi connectivity index (χ4v) is 2.47. The lowest BCUT2D eigenvalue weighted by molar-refractivity contribution is -0.115. The SMILES string of the molecule is Cl.O=C(NCc1ccccc1)C1=NOC2(CCNC2)C1. The van der Waals surface area contributed by atoms with Gasteiger partial charge in [0.15, 0.2) is 5.60 Å². The summed E-state index contributed by atoms with van der Waals surface area (Å²) in [4.78, 5) is 17.5. The van der Waals surface area contributed by atoms with Crippen LogP contribution in [0.1, 0.15) is 18.4 Å². The predicted octanol–water partition coefficient (Wildman–Crippen LogP) is 1.23. The minimum atomic E-state index is -0.278. The summed E-state index contributed by atoms with van der Waals surface area (Å²) in [7, 11) is 0. The van der Waals surface area contributed by atoms with Crippen LogP contribution in [-0.2, 0) is 16.2 Å². The monoisotopic (exact) mass is 295 g/mol. The minimum Gasteiger partial charge on any atom is -0.387 e. The maximum absolute atomic E-state index is 12.0. The van der Waals surface area contributed by atoms with Gasteiger partial charge in [0.2, 0.25) is 0 Å². The third kappa shape index (κ3) is 3.11. The van der Waals surface area contributed by atoms with Gasteiger partial charge >= 0.3 is 0 Å². The molecule has 0 radical (unpaired) electrons. The van der Waals surface area contributed by atoms with Crippen LogP contribution in [0.15, 0.2) is 35.5 Å². The molecule has 1 aromatic carbocycles. The van der Waals surface area contributed by atoms with Gasteiger partial charge in [-0.2, -0.15) is 0 Å². The normalized spacial score (nSPS) is 23.9. The number of nitrogens with zero attached hydrogens (tertiary/aromatic N) is 1. The molecule has 5 nitrogen and oxygen atoms in total. The van der Waals surface area contributed by atoms with Crippen molar-refractivity contribution in [3.8, 4) is 0 Å². The minimum absolute atomic E-state index is 0. The van der Waals surface area contributed by atoms with Crippen LogP contribution in [0.4, 0.5) is 0 Å². The van der Waals surface area contributed by atoms with E-state index in [1.54, 1.807) is 0 Å². The van der Waals surface area contributed by atoms with Gasteiger partial charge in [-0.3, -0.25) is 4.79 Å². The Labute approximate surface area is 124 Å². The van der Waals surface area contributed by atoms with Crippen LogP contribution in [0.25, 0.3) is 0 Å². The lowest BCUT2D eigenvalue weighted by Gasteiger charge is -2.18. The Morgan fingerprint density at radius 2 is 2.20 bits per heavy atom. The largest absolute Gasteiger partial charge is 0.387 e. The second kappa shape index (κ2) is 6.24. The molecule has 0 bridgehead atoms. The molecule has 2 aliphatic rings. The highest BCUT2D eigenvalue weighted by Crippen LogP contribution is 2.29. The molecule has 1 fully saturated rings. The summed E-state index contributed by atoms with van der Waals surface area (Å²) in [6.07, 6.45) is 1.51. The maximum atomic E-state index is 12.0. The summed E-state index contributed by atoms with van der Waals surface area (Å²) in [5, 5.41) is 10.1. The molecule has 3 rings (SSSR count). The Bertz CT molecular complexity index is 498. The topological polar surface area (TPSA) is 62.7 Å². The van der Waals surface area contributed by atoms with E-state index in [4.69, 9.17) is 4.84 Å². The van der Waals surface area contributed by atoms with Gasteiger partial charge in [-0.1, -0.05) is 35.5 Å². The number of benzene rings is 1. The van der Waals surface area contributed by atoms with Crippen LogP contribution in [-0.4, -0.2) is 30.3 Å². The lowest BCUT2D eigenvalue weighted by Crippen LogP contribution is -2.36. The van der Waals surface area contributed by atoms with E-state index >= 15 is 0 Å². The molecule has 0 aliphatic carbocycles. The third-order valence-corrected chi connectivity index (χ3v) is 3.60. The third-order valence-electron chi connectivity index (χ3n) is 3.60. The number of oxime groups is 1. The Kier molecular flexibility index (Phi) is 4.62. The smallest absolute Gasteiger partial charge is 0.269 e.